The summed E-state index contributed by atoms with van der Waals surface area (Å²) in [7, 11) is 0. The average molecular weight is 316 g/mol. The van der Waals surface area contributed by atoms with E-state index in [4.69, 9.17) is 4.74 Å². The van der Waals surface area contributed by atoms with Crippen LogP contribution >= 0.6 is 0 Å². The van der Waals surface area contributed by atoms with Crippen molar-refractivity contribution in [1.82, 2.24) is 10.2 Å². The molecule has 1 aromatic rings. The largest absolute Gasteiger partial charge is 0.368 e. The van der Waals surface area contributed by atoms with E-state index in [2.05, 4.69) is 41.4 Å². The number of nitrogens with one attached hydrogen (secondary N) is 1. The third-order valence-electron chi connectivity index (χ3n) is 4.99. The number of nitrogens with zero attached hydrogens (tertiary/aromatic N) is 1. The maximum atomic E-state index is 11.9. The lowest BCUT2D eigenvalue weighted by Gasteiger charge is -2.30. The van der Waals surface area contributed by atoms with Gasteiger partial charge in [-0.2, -0.15) is 0 Å². The summed E-state index contributed by atoms with van der Waals surface area (Å²) in [4.78, 5) is 14.5. The molecule has 2 aliphatic heterocycles. The minimum atomic E-state index is -0.240. The molecule has 2 aliphatic rings. The monoisotopic (exact) mass is 316 g/mol. The molecule has 3 rings (SSSR count). The number of carbonyl (C=O) groups is 1. The molecule has 126 valence electrons. The van der Waals surface area contributed by atoms with E-state index in [9.17, 15) is 4.79 Å². The molecule has 0 radical (unpaired) electrons. The third-order valence-corrected chi connectivity index (χ3v) is 4.99. The van der Waals surface area contributed by atoms with Gasteiger partial charge in [0, 0.05) is 19.7 Å². The molecule has 4 nitrogen and oxygen atoms in total. The van der Waals surface area contributed by atoms with Gasteiger partial charge < -0.3 is 10.1 Å². The van der Waals surface area contributed by atoms with E-state index in [1.165, 1.54) is 31.5 Å². The van der Waals surface area contributed by atoms with E-state index >= 15 is 0 Å². The summed E-state index contributed by atoms with van der Waals surface area (Å²) in [5.41, 5.74) is 2.50. The fraction of sp³-hybridized carbons (Fsp3) is 0.632. The molecule has 1 aromatic carbocycles. The Labute approximate surface area is 139 Å². The van der Waals surface area contributed by atoms with Gasteiger partial charge in [0.05, 0.1) is 0 Å². The molecular formula is C19H28N2O2. The van der Waals surface area contributed by atoms with Crippen molar-refractivity contribution < 1.29 is 9.53 Å². The molecule has 0 spiro atoms. The number of piperidine rings is 1. The van der Waals surface area contributed by atoms with Gasteiger partial charge in [0.25, 0.3) is 0 Å². The van der Waals surface area contributed by atoms with Crippen LogP contribution in [-0.2, 0) is 22.6 Å². The summed E-state index contributed by atoms with van der Waals surface area (Å²) in [6.07, 6.45) is 4.22. The van der Waals surface area contributed by atoms with Crippen LogP contribution in [-0.4, -0.2) is 36.6 Å². The maximum Gasteiger partial charge on any atom is 0.249 e. The first-order chi connectivity index (χ1) is 11.2. The lowest BCUT2D eigenvalue weighted by molar-refractivity contribution is -0.130. The summed E-state index contributed by atoms with van der Waals surface area (Å²) in [5.74, 6) is 0.898. The Morgan fingerprint density at radius 1 is 1.17 bits per heavy atom. The zero-order valence-electron chi connectivity index (χ0n) is 14.1. The minimum absolute atomic E-state index is 0.0222. The van der Waals surface area contributed by atoms with Gasteiger partial charge in [0.1, 0.15) is 6.10 Å². The van der Waals surface area contributed by atoms with Crippen molar-refractivity contribution in [2.24, 2.45) is 5.92 Å². The quantitative estimate of drug-likeness (QED) is 0.908. The molecule has 2 heterocycles. The molecule has 0 aliphatic carbocycles. The highest BCUT2D eigenvalue weighted by molar-refractivity contribution is 5.80. The number of benzene rings is 1. The zero-order valence-corrected chi connectivity index (χ0v) is 14.1. The zero-order chi connectivity index (χ0) is 16.1. The Bertz CT molecular complexity index is 501. The highest BCUT2D eigenvalue weighted by Crippen LogP contribution is 2.18. The van der Waals surface area contributed by atoms with E-state index in [-0.39, 0.29) is 12.0 Å². The standard InChI is InChI=1S/C19H28N2O2/c1-15-8-10-21(11-9-15)14-17-6-4-16(5-7-17)13-20-19(22)18-3-2-12-23-18/h4-7,15,18H,2-3,8-14H2,1H3,(H,20,22). The van der Waals surface area contributed by atoms with E-state index in [1.54, 1.807) is 0 Å². The molecule has 0 saturated carbocycles. The Morgan fingerprint density at radius 3 is 2.52 bits per heavy atom. The van der Waals surface area contributed by atoms with Gasteiger partial charge in [-0.1, -0.05) is 31.2 Å². The highest BCUT2D eigenvalue weighted by Gasteiger charge is 2.23. The normalized spacial score (nSPS) is 23.1. The SMILES string of the molecule is CC1CCN(Cc2ccc(CNC(=O)C3CCCO3)cc2)CC1. The maximum absolute atomic E-state index is 11.9. The first-order valence-electron chi connectivity index (χ1n) is 8.90. The molecule has 1 atom stereocenters. The van der Waals surface area contributed by atoms with Crippen molar-refractivity contribution in [1.29, 1.82) is 0 Å². The van der Waals surface area contributed by atoms with E-state index < -0.39 is 0 Å². The van der Waals surface area contributed by atoms with Crippen molar-refractivity contribution >= 4 is 5.91 Å². The molecule has 0 bridgehead atoms. The fourth-order valence-corrected chi connectivity index (χ4v) is 3.33. The number of amides is 1. The molecule has 2 saturated heterocycles. The molecule has 0 aromatic heterocycles. The predicted molar refractivity (Wildman–Crippen MR) is 90.9 cm³/mol. The smallest absolute Gasteiger partial charge is 0.249 e. The van der Waals surface area contributed by atoms with E-state index in [1.807, 2.05) is 0 Å². The van der Waals surface area contributed by atoms with Crippen LogP contribution in [0.2, 0.25) is 0 Å². The van der Waals surface area contributed by atoms with Gasteiger partial charge in [0.15, 0.2) is 0 Å². The molecular weight excluding hydrogens is 288 g/mol. The molecule has 1 amide bonds. The van der Waals surface area contributed by atoms with Crippen LogP contribution in [0.3, 0.4) is 0 Å². The molecule has 23 heavy (non-hydrogen) atoms. The fourth-order valence-electron chi connectivity index (χ4n) is 3.33. The molecule has 4 heteroatoms. The molecule has 1 unspecified atom stereocenters. The number of rotatable bonds is 5. The summed E-state index contributed by atoms with van der Waals surface area (Å²) in [5, 5.41) is 2.97. The number of hydrogen-bond acceptors (Lipinski definition) is 3. The van der Waals surface area contributed by atoms with Gasteiger partial charge >= 0.3 is 0 Å². The van der Waals surface area contributed by atoms with Gasteiger partial charge in [-0.15, -0.1) is 0 Å². The van der Waals surface area contributed by atoms with Crippen LogP contribution in [0, 0.1) is 5.92 Å². The van der Waals surface area contributed by atoms with Gasteiger partial charge in [-0.05, 0) is 55.8 Å². The average Bonchev–Trinajstić information content (AvgIpc) is 3.11. The second kappa shape index (κ2) is 7.93. The van der Waals surface area contributed by atoms with Gasteiger partial charge in [0.2, 0.25) is 5.91 Å². The van der Waals surface area contributed by atoms with Crippen LogP contribution in [0.1, 0.15) is 43.7 Å². The minimum Gasteiger partial charge on any atom is -0.368 e. The summed E-state index contributed by atoms with van der Waals surface area (Å²) < 4.78 is 5.40. The van der Waals surface area contributed by atoms with Crippen molar-refractivity contribution in [2.75, 3.05) is 19.7 Å². The Balaban J connectivity index is 1.44. The highest BCUT2D eigenvalue weighted by atomic mass is 16.5. The van der Waals surface area contributed by atoms with Gasteiger partial charge in [-0.25, -0.2) is 0 Å². The first kappa shape index (κ1) is 16.5. The van der Waals surface area contributed by atoms with Crippen LogP contribution in [0.4, 0.5) is 0 Å². The Kier molecular flexibility index (Phi) is 5.68. The van der Waals surface area contributed by atoms with Crippen LogP contribution in [0.25, 0.3) is 0 Å². The summed E-state index contributed by atoms with van der Waals surface area (Å²) in [6, 6.07) is 8.62. The van der Waals surface area contributed by atoms with Crippen molar-refractivity contribution in [3.05, 3.63) is 35.4 Å². The predicted octanol–water partition coefficient (Wildman–Crippen LogP) is 2.71. The van der Waals surface area contributed by atoms with Crippen LogP contribution in [0.5, 0.6) is 0 Å². The lowest BCUT2D eigenvalue weighted by Crippen LogP contribution is -2.33. The van der Waals surface area contributed by atoms with Crippen molar-refractivity contribution in [3.8, 4) is 0 Å². The lowest BCUT2D eigenvalue weighted by atomic mass is 9.99. The summed E-state index contributed by atoms with van der Waals surface area (Å²) in [6.45, 7) is 7.09. The second-order valence-electron chi connectivity index (χ2n) is 6.99. The van der Waals surface area contributed by atoms with Crippen LogP contribution in [0.15, 0.2) is 24.3 Å². The first-order valence-corrected chi connectivity index (χ1v) is 8.90. The third kappa shape index (κ3) is 4.79. The van der Waals surface area contributed by atoms with Crippen molar-refractivity contribution in [2.45, 2.75) is 51.8 Å². The van der Waals surface area contributed by atoms with E-state index in [0.717, 1.165) is 30.9 Å². The molecule has 1 N–H and O–H groups in total. The Morgan fingerprint density at radius 2 is 1.87 bits per heavy atom. The van der Waals surface area contributed by atoms with Crippen molar-refractivity contribution in [3.63, 3.8) is 0 Å². The van der Waals surface area contributed by atoms with E-state index in [0.29, 0.717) is 13.2 Å². The molecule has 2 fully saturated rings. The second-order valence-corrected chi connectivity index (χ2v) is 6.99. The Hall–Kier alpha value is -1.39. The number of hydrogen-bond donors (Lipinski definition) is 1. The number of ether oxygens (including phenoxy) is 1. The van der Waals surface area contributed by atoms with Crippen LogP contribution < -0.4 is 5.32 Å². The topological polar surface area (TPSA) is 41.6 Å². The summed E-state index contributed by atoms with van der Waals surface area (Å²) >= 11 is 0. The number of carbonyl (C=O) groups excluding carboxylic acids is 1. The number of likely N-dealkylation sites (tertiary alicyclic amines) is 1. The van der Waals surface area contributed by atoms with Gasteiger partial charge in [-0.3, -0.25) is 9.69 Å².